The van der Waals surface area contributed by atoms with Crippen molar-refractivity contribution in [1.82, 2.24) is 0 Å². The lowest BCUT2D eigenvalue weighted by molar-refractivity contribution is -0.118. The summed E-state index contributed by atoms with van der Waals surface area (Å²) in [5.41, 5.74) is -0.223. The second-order valence-electron chi connectivity index (χ2n) is 3.29. The smallest absolute Gasteiger partial charge is 0.191 e. The molecule has 0 aromatic heterocycles. The Hall–Kier alpha value is 0.0200. The molecule has 10 heavy (non-hydrogen) atoms. The van der Waals surface area contributed by atoms with Crippen molar-refractivity contribution in [2.24, 2.45) is 5.41 Å². The first-order chi connectivity index (χ1) is 4.50. The summed E-state index contributed by atoms with van der Waals surface area (Å²) in [7, 11) is 0. The Balaban J connectivity index is 3.75. The second-order valence-corrected chi connectivity index (χ2v) is 3.70. The Kier molecular flexibility index (Phi) is 4.02. The molecule has 0 radical (unpaired) electrons. The van der Waals surface area contributed by atoms with E-state index in [1.807, 2.05) is 13.8 Å². The topological polar surface area (TPSA) is 17.1 Å². The van der Waals surface area contributed by atoms with Gasteiger partial charge in [0.15, 0.2) is 5.12 Å². The maximum absolute atomic E-state index is 10.8. The summed E-state index contributed by atoms with van der Waals surface area (Å²) in [6.45, 7) is 6.01. The molecule has 0 spiro atoms. The van der Waals surface area contributed by atoms with Crippen molar-refractivity contribution in [2.75, 3.05) is 0 Å². The fourth-order valence-electron chi connectivity index (χ4n) is 0.726. The highest BCUT2D eigenvalue weighted by molar-refractivity contribution is 7.96. The van der Waals surface area contributed by atoms with E-state index in [1.165, 1.54) is 0 Å². The highest BCUT2D eigenvalue weighted by atomic mass is 32.1. The maximum atomic E-state index is 10.8. The van der Waals surface area contributed by atoms with Crippen molar-refractivity contribution in [3.05, 3.63) is 0 Å². The van der Waals surface area contributed by atoms with Crippen molar-refractivity contribution in [2.45, 2.75) is 40.0 Å². The molecule has 0 aliphatic heterocycles. The molecule has 0 aliphatic rings. The van der Waals surface area contributed by atoms with Gasteiger partial charge >= 0.3 is 0 Å². The Bertz CT molecular complexity index is 118. The third-order valence-corrected chi connectivity index (χ3v) is 2.34. The molecule has 0 aliphatic carbocycles. The average molecular weight is 160 g/mol. The van der Waals surface area contributed by atoms with Crippen molar-refractivity contribution in [1.29, 1.82) is 0 Å². The molecule has 0 fully saturated rings. The van der Waals surface area contributed by atoms with Gasteiger partial charge in [0.2, 0.25) is 0 Å². The summed E-state index contributed by atoms with van der Waals surface area (Å²) in [5.74, 6) is 0. The summed E-state index contributed by atoms with van der Waals surface area (Å²) >= 11 is 3.81. The first-order valence-electron chi connectivity index (χ1n) is 3.74. The van der Waals surface area contributed by atoms with E-state index in [0.29, 0.717) is 0 Å². The number of hydrogen-bond donors (Lipinski definition) is 1. The van der Waals surface area contributed by atoms with Gasteiger partial charge in [0.05, 0.1) is 0 Å². The third kappa shape index (κ3) is 3.25. The fraction of sp³-hybridized carbons (Fsp3) is 0.875. The lowest BCUT2D eigenvalue weighted by Gasteiger charge is -2.18. The van der Waals surface area contributed by atoms with E-state index < -0.39 is 0 Å². The molecular formula is C8H16OS. The molecule has 0 unspecified atom stereocenters. The van der Waals surface area contributed by atoms with Crippen LogP contribution in [-0.4, -0.2) is 5.12 Å². The quantitative estimate of drug-likeness (QED) is 0.626. The number of carbonyl (C=O) groups excluding carboxylic acids is 1. The van der Waals surface area contributed by atoms with Crippen molar-refractivity contribution < 1.29 is 4.79 Å². The highest BCUT2D eigenvalue weighted by Crippen LogP contribution is 2.25. The summed E-state index contributed by atoms with van der Waals surface area (Å²) < 4.78 is 0. The Morgan fingerprint density at radius 2 is 2.00 bits per heavy atom. The lowest BCUT2D eigenvalue weighted by Crippen LogP contribution is -2.18. The van der Waals surface area contributed by atoms with Crippen LogP contribution < -0.4 is 0 Å². The second kappa shape index (κ2) is 4.02. The predicted octanol–water partition coefficient (Wildman–Crippen LogP) is 2.66. The van der Waals surface area contributed by atoms with E-state index in [0.717, 1.165) is 19.3 Å². The Morgan fingerprint density at radius 3 is 2.30 bits per heavy atom. The van der Waals surface area contributed by atoms with Gasteiger partial charge < -0.3 is 0 Å². The van der Waals surface area contributed by atoms with Gasteiger partial charge in [0, 0.05) is 5.41 Å². The van der Waals surface area contributed by atoms with Crippen LogP contribution in [0.3, 0.4) is 0 Å². The minimum atomic E-state index is -0.223. The van der Waals surface area contributed by atoms with Gasteiger partial charge in [-0.05, 0) is 6.42 Å². The monoisotopic (exact) mass is 160 g/mol. The van der Waals surface area contributed by atoms with Gasteiger partial charge in [0.25, 0.3) is 0 Å². The zero-order valence-electron chi connectivity index (χ0n) is 6.98. The molecule has 1 nitrogen and oxygen atoms in total. The van der Waals surface area contributed by atoms with Crippen LogP contribution in [0.1, 0.15) is 40.0 Å². The largest absolute Gasteiger partial charge is 0.287 e. The van der Waals surface area contributed by atoms with E-state index in [-0.39, 0.29) is 10.5 Å². The molecule has 0 bridgehead atoms. The molecule has 0 amide bonds. The van der Waals surface area contributed by atoms with Crippen molar-refractivity contribution in [3.8, 4) is 0 Å². The Labute approximate surface area is 68.6 Å². The van der Waals surface area contributed by atoms with Gasteiger partial charge in [-0.3, -0.25) is 4.79 Å². The van der Waals surface area contributed by atoms with Crippen molar-refractivity contribution >= 4 is 17.7 Å². The minimum absolute atomic E-state index is 0.000880. The summed E-state index contributed by atoms with van der Waals surface area (Å²) in [6.07, 6.45) is 3.20. The van der Waals surface area contributed by atoms with Gasteiger partial charge in [-0.15, -0.1) is 12.6 Å². The molecule has 0 atom stereocenters. The van der Waals surface area contributed by atoms with Crippen LogP contribution in [0.25, 0.3) is 0 Å². The van der Waals surface area contributed by atoms with Crippen LogP contribution in [0.5, 0.6) is 0 Å². The predicted molar refractivity (Wildman–Crippen MR) is 47.3 cm³/mol. The first-order valence-corrected chi connectivity index (χ1v) is 4.19. The number of carbonyl (C=O) groups is 1. The molecular weight excluding hydrogens is 144 g/mol. The molecule has 0 saturated carbocycles. The zero-order valence-corrected chi connectivity index (χ0v) is 7.87. The van der Waals surface area contributed by atoms with E-state index in [9.17, 15) is 4.79 Å². The normalized spacial score (nSPS) is 11.6. The molecule has 0 heterocycles. The van der Waals surface area contributed by atoms with E-state index >= 15 is 0 Å². The van der Waals surface area contributed by atoms with Crippen LogP contribution in [0.2, 0.25) is 0 Å². The van der Waals surface area contributed by atoms with Crippen LogP contribution in [-0.2, 0) is 4.79 Å². The zero-order chi connectivity index (χ0) is 8.20. The summed E-state index contributed by atoms with van der Waals surface area (Å²) in [6, 6.07) is 0. The van der Waals surface area contributed by atoms with E-state index in [4.69, 9.17) is 0 Å². The maximum Gasteiger partial charge on any atom is 0.191 e. The van der Waals surface area contributed by atoms with Crippen molar-refractivity contribution in [3.63, 3.8) is 0 Å². The molecule has 2 heteroatoms. The van der Waals surface area contributed by atoms with Gasteiger partial charge in [0.1, 0.15) is 0 Å². The summed E-state index contributed by atoms with van der Waals surface area (Å²) in [5, 5.41) is 0.000880. The standard InChI is InChI=1S/C8H16OS/c1-4-5-6-8(2,3)7(9)10/h4-6H2,1-3H3,(H,9,10). The molecule has 60 valence electrons. The minimum Gasteiger partial charge on any atom is -0.287 e. The van der Waals surface area contributed by atoms with Gasteiger partial charge in [-0.1, -0.05) is 33.6 Å². The van der Waals surface area contributed by atoms with Gasteiger partial charge in [-0.2, -0.15) is 0 Å². The Morgan fingerprint density at radius 1 is 1.50 bits per heavy atom. The highest BCUT2D eigenvalue weighted by Gasteiger charge is 2.23. The van der Waals surface area contributed by atoms with E-state index in [2.05, 4.69) is 19.6 Å². The molecule has 0 aromatic rings. The summed E-state index contributed by atoms with van der Waals surface area (Å²) in [4.78, 5) is 10.8. The van der Waals surface area contributed by atoms with Gasteiger partial charge in [-0.25, -0.2) is 0 Å². The molecule has 0 N–H and O–H groups in total. The number of unbranched alkanes of at least 4 members (excludes halogenated alkanes) is 1. The van der Waals surface area contributed by atoms with Crippen LogP contribution in [0.15, 0.2) is 0 Å². The van der Waals surface area contributed by atoms with Crippen LogP contribution >= 0.6 is 12.6 Å². The third-order valence-electron chi connectivity index (χ3n) is 1.73. The molecule has 0 aromatic carbocycles. The number of hydrogen-bond acceptors (Lipinski definition) is 1. The SMILES string of the molecule is CCCCC(C)(C)C(=O)S. The van der Waals surface area contributed by atoms with Crippen LogP contribution in [0.4, 0.5) is 0 Å². The first kappa shape index (κ1) is 10.0. The fourth-order valence-corrected chi connectivity index (χ4v) is 0.837. The number of thiol groups is 1. The average Bonchev–Trinajstić information content (AvgIpc) is 1.84. The lowest BCUT2D eigenvalue weighted by atomic mass is 9.89. The molecule has 0 rings (SSSR count). The molecule has 0 saturated heterocycles. The number of rotatable bonds is 4. The van der Waals surface area contributed by atoms with Crippen LogP contribution in [0, 0.1) is 5.41 Å². The van der Waals surface area contributed by atoms with E-state index in [1.54, 1.807) is 0 Å².